The SMILES string of the molecule is CC1(C)c2ccc(-c3ccc(-c4cc(-c5cccc(-c6cccnc6)c5)nc(-c5ccccc5)n4)c4ccccc34)cc2-c2ccc3ccccc3c21. The minimum absolute atomic E-state index is 0.0886. The smallest absolute Gasteiger partial charge is 0.160 e. The summed E-state index contributed by atoms with van der Waals surface area (Å²) in [7, 11) is 0. The molecule has 2 heterocycles. The van der Waals surface area contributed by atoms with E-state index in [2.05, 4.69) is 158 Å². The molecule has 0 bridgehead atoms. The third-order valence-electron chi connectivity index (χ3n) is 11.0. The quantitative estimate of drug-likeness (QED) is 0.182. The monoisotopic (exact) mass is 677 g/mol. The minimum Gasteiger partial charge on any atom is -0.264 e. The van der Waals surface area contributed by atoms with Gasteiger partial charge in [0, 0.05) is 40.1 Å². The van der Waals surface area contributed by atoms with Crippen LogP contribution >= 0.6 is 0 Å². The minimum atomic E-state index is -0.0886. The van der Waals surface area contributed by atoms with Crippen molar-refractivity contribution in [2.24, 2.45) is 0 Å². The van der Waals surface area contributed by atoms with Crippen LogP contribution in [0.3, 0.4) is 0 Å². The molecule has 2 aromatic heterocycles. The van der Waals surface area contributed by atoms with Gasteiger partial charge in [-0.05, 0) is 84.8 Å². The van der Waals surface area contributed by atoms with E-state index in [1.165, 1.54) is 49.5 Å². The molecule has 3 heteroatoms. The molecule has 7 aromatic carbocycles. The molecular formula is C50H35N3. The van der Waals surface area contributed by atoms with Gasteiger partial charge in [-0.25, -0.2) is 9.97 Å². The highest BCUT2D eigenvalue weighted by Gasteiger charge is 2.37. The first-order valence-corrected chi connectivity index (χ1v) is 18.2. The zero-order chi connectivity index (χ0) is 35.5. The highest BCUT2D eigenvalue weighted by Crippen LogP contribution is 2.52. The molecule has 250 valence electrons. The van der Waals surface area contributed by atoms with Gasteiger partial charge in [0.25, 0.3) is 0 Å². The second kappa shape index (κ2) is 12.2. The van der Waals surface area contributed by atoms with Crippen molar-refractivity contribution in [2.45, 2.75) is 19.3 Å². The van der Waals surface area contributed by atoms with Crippen LogP contribution in [0, 0.1) is 0 Å². The largest absolute Gasteiger partial charge is 0.264 e. The summed E-state index contributed by atoms with van der Waals surface area (Å²) in [4.78, 5) is 14.7. The van der Waals surface area contributed by atoms with Crippen molar-refractivity contribution in [3.63, 3.8) is 0 Å². The maximum Gasteiger partial charge on any atom is 0.160 e. The molecule has 0 radical (unpaired) electrons. The average molecular weight is 678 g/mol. The van der Waals surface area contributed by atoms with Crippen LogP contribution in [0.1, 0.15) is 25.0 Å². The first kappa shape index (κ1) is 31.1. The molecule has 53 heavy (non-hydrogen) atoms. The maximum atomic E-state index is 5.22. The van der Waals surface area contributed by atoms with Crippen LogP contribution < -0.4 is 0 Å². The van der Waals surface area contributed by atoms with E-state index in [4.69, 9.17) is 9.97 Å². The Kier molecular flexibility index (Phi) is 7.16. The van der Waals surface area contributed by atoms with E-state index in [-0.39, 0.29) is 5.41 Å². The number of rotatable bonds is 5. The highest BCUT2D eigenvalue weighted by molar-refractivity contribution is 6.06. The number of aromatic nitrogens is 3. The molecule has 0 atom stereocenters. The molecule has 1 aliphatic carbocycles. The molecule has 0 saturated heterocycles. The van der Waals surface area contributed by atoms with Crippen molar-refractivity contribution >= 4 is 21.5 Å². The third-order valence-corrected chi connectivity index (χ3v) is 11.0. The predicted octanol–water partition coefficient (Wildman–Crippen LogP) is 12.8. The zero-order valence-corrected chi connectivity index (χ0v) is 29.6. The normalized spacial score (nSPS) is 12.9. The second-order valence-corrected chi connectivity index (χ2v) is 14.5. The van der Waals surface area contributed by atoms with Crippen LogP contribution in [0.2, 0.25) is 0 Å². The number of fused-ring (bicyclic) bond motifs is 6. The lowest BCUT2D eigenvalue weighted by Gasteiger charge is -2.23. The molecule has 3 nitrogen and oxygen atoms in total. The Hall–Kier alpha value is -6.71. The van der Waals surface area contributed by atoms with Gasteiger partial charge in [0.15, 0.2) is 5.82 Å². The fraction of sp³-hybridized carbons (Fsp3) is 0.0600. The molecular weight excluding hydrogens is 643 g/mol. The second-order valence-electron chi connectivity index (χ2n) is 14.5. The fourth-order valence-corrected chi connectivity index (χ4v) is 8.40. The topological polar surface area (TPSA) is 38.7 Å². The zero-order valence-electron chi connectivity index (χ0n) is 29.6. The molecule has 0 aliphatic heterocycles. The van der Waals surface area contributed by atoms with Gasteiger partial charge in [-0.15, -0.1) is 0 Å². The molecule has 0 unspecified atom stereocenters. The predicted molar refractivity (Wildman–Crippen MR) is 220 cm³/mol. The number of nitrogens with zero attached hydrogens (tertiary/aromatic N) is 3. The van der Waals surface area contributed by atoms with Crippen LogP contribution in [-0.2, 0) is 5.41 Å². The lowest BCUT2D eigenvalue weighted by Crippen LogP contribution is -2.15. The van der Waals surface area contributed by atoms with Crippen LogP contribution in [-0.4, -0.2) is 15.0 Å². The Balaban J connectivity index is 1.13. The molecule has 9 aromatic rings. The van der Waals surface area contributed by atoms with Gasteiger partial charge in [-0.2, -0.15) is 0 Å². The molecule has 10 rings (SSSR count). The van der Waals surface area contributed by atoms with Crippen LogP contribution in [0.5, 0.6) is 0 Å². The lowest BCUT2D eigenvalue weighted by molar-refractivity contribution is 0.666. The van der Waals surface area contributed by atoms with Gasteiger partial charge in [0.2, 0.25) is 0 Å². The molecule has 0 spiro atoms. The first-order chi connectivity index (χ1) is 26.0. The van der Waals surface area contributed by atoms with E-state index in [0.717, 1.165) is 44.6 Å². The Labute approximate surface area is 309 Å². The number of pyridine rings is 1. The first-order valence-electron chi connectivity index (χ1n) is 18.2. The fourth-order valence-electron chi connectivity index (χ4n) is 8.40. The van der Waals surface area contributed by atoms with Crippen molar-refractivity contribution in [1.82, 2.24) is 15.0 Å². The van der Waals surface area contributed by atoms with Gasteiger partial charge < -0.3 is 0 Å². The van der Waals surface area contributed by atoms with E-state index < -0.39 is 0 Å². The number of benzene rings is 7. The van der Waals surface area contributed by atoms with Crippen molar-refractivity contribution in [2.75, 3.05) is 0 Å². The van der Waals surface area contributed by atoms with Crippen molar-refractivity contribution < 1.29 is 0 Å². The van der Waals surface area contributed by atoms with Crippen LogP contribution in [0.4, 0.5) is 0 Å². The molecule has 0 N–H and O–H groups in total. The van der Waals surface area contributed by atoms with E-state index >= 15 is 0 Å². The molecule has 0 saturated carbocycles. The van der Waals surface area contributed by atoms with Gasteiger partial charge in [0.05, 0.1) is 11.4 Å². The third kappa shape index (κ3) is 5.16. The van der Waals surface area contributed by atoms with Crippen LogP contribution in [0.15, 0.2) is 176 Å². The van der Waals surface area contributed by atoms with E-state index in [9.17, 15) is 0 Å². The van der Waals surface area contributed by atoms with Crippen molar-refractivity contribution in [3.05, 3.63) is 187 Å². The van der Waals surface area contributed by atoms with E-state index in [0.29, 0.717) is 5.82 Å². The van der Waals surface area contributed by atoms with Crippen LogP contribution in [0.25, 0.3) is 88.8 Å². The van der Waals surface area contributed by atoms with Crippen molar-refractivity contribution in [1.29, 1.82) is 0 Å². The summed E-state index contributed by atoms with van der Waals surface area (Å²) in [6, 6.07) is 58.6. The summed E-state index contributed by atoms with van der Waals surface area (Å²) in [5.74, 6) is 0.700. The van der Waals surface area contributed by atoms with Crippen molar-refractivity contribution in [3.8, 4) is 67.3 Å². The van der Waals surface area contributed by atoms with Gasteiger partial charge >= 0.3 is 0 Å². The Morgan fingerprint density at radius 2 is 1.09 bits per heavy atom. The van der Waals surface area contributed by atoms with E-state index in [1.54, 1.807) is 6.20 Å². The summed E-state index contributed by atoms with van der Waals surface area (Å²) in [5, 5.41) is 4.98. The maximum absolute atomic E-state index is 5.22. The summed E-state index contributed by atoms with van der Waals surface area (Å²) in [6.45, 7) is 4.73. The summed E-state index contributed by atoms with van der Waals surface area (Å²) >= 11 is 0. The molecule has 1 aliphatic rings. The van der Waals surface area contributed by atoms with Gasteiger partial charge in [-0.3, -0.25) is 4.98 Å². The number of hydrogen-bond acceptors (Lipinski definition) is 3. The van der Waals surface area contributed by atoms with E-state index in [1.807, 2.05) is 30.5 Å². The Morgan fingerprint density at radius 3 is 1.92 bits per heavy atom. The summed E-state index contributed by atoms with van der Waals surface area (Å²) in [5.41, 5.74) is 14.8. The summed E-state index contributed by atoms with van der Waals surface area (Å²) < 4.78 is 0. The standard InChI is InChI=1S/C50H35N3/c1-50(2)45-26-22-35(29-44(45)43-23-21-32-12-6-7-18-39(32)48(43)50)38-24-25-42(41-20-9-8-19-40(38)41)47-30-46(52-49(53-47)33-13-4-3-5-14-33)36-16-10-15-34(28-36)37-17-11-27-51-31-37/h3-31H,1-2H3. The highest BCUT2D eigenvalue weighted by atomic mass is 14.9. The Bertz CT molecular complexity index is 2860. The Morgan fingerprint density at radius 1 is 0.415 bits per heavy atom. The average Bonchev–Trinajstić information content (AvgIpc) is 3.46. The molecule has 0 amide bonds. The summed E-state index contributed by atoms with van der Waals surface area (Å²) in [6.07, 6.45) is 3.70. The lowest BCUT2D eigenvalue weighted by atomic mass is 9.80. The van der Waals surface area contributed by atoms with Gasteiger partial charge in [-0.1, -0.05) is 153 Å². The van der Waals surface area contributed by atoms with Gasteiger partial charge in [0.1, 0.15) is 0 Å². The molecule has 0 fully saturated rings. The number of hydrogen-bond donors (Lipinski definition) is 0.